The standard InChI is InChI=1S/C22H29N3/c23-20-8-3-4-9-21(20)24-14-5-15-25-16-12-22(13-17-25)11-10-18-6-1-2-7-19(18)22/h1-4,6-9,24H,5,10-17,23H2. The number of fused-ring (bicyclic) bond motifs is 2. The summed E-state index contributed by atoms with van der Waals surface area (Å²) in [6.45, 7) is 4.64. The van der Waals surface area contributed by atoms with Crippen LogP contribution in [0.4, 0.5) is 11.4 Å². The molecule has 0 saturated carbocycles. The van der Waals surface area contributed by atoms with Gasteiger partial charge in [-0.3, -0.25) is 0 Å². The average molecular weight is 335 g/mol. The fourth-order valence-electron chi connectivity index (χ4n) is 4.67. The molecule has 1 aliphatic carbocycles. The maximum Gasteiger partial charge on any atom is 0.0573 e. The van der Waals surface area contributed by atoms with Crippen LogP contribution in [-0.2, 0) is 11.8 Å². The molecule has 1 fully saturated rings. The summed E-state index contributed by atoms with van der Waals surface area (Å²) in [5.41, 5.74) is 11.6. The molecule has 2 aromatic rings. The molecule has 1 saturated heterocycles. The van der Waals surface area contributed by atoms with Crippen LogP contribution in [-0.4, -0.2) is 31.1 Å². The van der Waals surface area contributed by atoms with Gasteiger partial charge in [0.05, 0.1) is 11.4 Å². The van der Waals surface area contributed by atoms with Crippen molar-refractivity contribution < 1.29 is 0 Å². The number of aryl methyl sites for hydroxylation is 1. The zero-order chi connectivity index (χ0) is 17.1. The van der Waals surface area contributed by atoms with E-state index in [1.54, 1.807) is 11.1 Å². The molecule has 3 nitrogen and oxygen atoms in total. The first-order chi connectivity index (χ1) is 12.3. The fourth-order valence-corrected chi connectivity index (χ4v) is 4.67. The van der Waals surface area contributed by atoms with Gasteiger partial charge >= 0.3 is 0 Å². The zero-order valence-corrected chi connectivity index (χ0v) is 15.0. The van der Waals surface area contributed by atoms with E-state index in [2.05, 4.69) is 40.5 Å². The Morgan fingerprint density at radius 1 is 0.960 bits per heavy atom. The largest absolute Gasteiger partial charge is 0.397 e. The van der Waals surface area contributed by atoms with Crippen molar-refractivity contribution in [3.8, 4) is 0 Å². The number of hydrogen-bond donors (Lipinski definition) is 2. The van der Waals surface area contributed by atoms with Gasteiger partial charge in [-0.1, -0.05) is 36.4 Å². The molecular formula is C22H29N3. The number of nitrogens with zero attached hydrogens (tertiary/aromatic N) is 1. The summed E-state index contributed by atoms with van der Waals surface area (Å²) < 4.78 is 0. The Hall–Kier alpha value is -2.00. The number of hydrogen-bond acceptors (Lipinski definition) is 3. The van der Waals surface area contributed by atoms with Crippen molar-refractivity contribution in [1.29, 1.82) is 0 Å². The third kappa shape index (κ3) is 3.38. The monoisotopic (exact) mass is 335 g/mol. The van der Waals surface area contributed by atoms with E-state index in [0.29, 0.717) is 5.41 Å². The van der Waals surface area contributed by atoms with E-state index in [4.69, 9.17) is 5.73 Å². The lowest BCUT2D eigenvalue weighted by Crippen LogP contribution is -2.42. The third-order valence-corrected chi connectivity index (χ3v) is 6.20. The number of piperidine rings is 1. The molecule has 1 heterocycles. The third-order valence-electron chi connectivity index (χ3n) is 6.20. The van der Waals surface area contributed by atoms with E-state index in [1.165, 1.54) is 45.3 Å². The van der Waals surface area contributed by atoms with Gasteiger partial charge < -0.3 is 16.0 Å². The first-order valence-electron chi connectivity index (χ1n) is 9.66. The number of para-hydroxylation sites is 2. The normalized spacial score (nSPS) is 19.0. The quantitative estimate of drug-likeness (QED) is 0.640. The number of nitrogen functional groups attached to an aromatic ring is 1. The molecule has 0 atom stereocenters. The minimum absolute atomic E-state index is 0.476. The van der Waals surface area contributed by atoms with Gasteiger partial charge in [-0.2, -0.15) is 0 Å². The van der Waals surface area contributed by atoms with Gasteiger partial charge in [0.15, 0.2) is 0 Å². The Labute approximate surface area is 151 Å². The molecule has 3 N–H and O–H groups in total. The number of rotatable bonds is 5. The van der Waals surface area contributed by atoms with Crippen molar-refractivity contribution in [3.05, 3.63) is 59.7 Å². The maximum atomic E-state index is 5.98. The minimum Gasteiger partial charge on any atom is -0.397 e. The van der Waals surface area contributed by atoms with Gasteiger partial charge in [0.1, 0.15) is 0 Å². The zero-order valence-electron chi connectivity index (χ0n) is 15.0. The van der Waals surface area contributed by atoms with E-state index in [1.807, 2.05) is 18.2 Å². The van der Waals surface area contributed by atoms with Gasteiger partial charge in [0.2, 0.25) is 0 Å². The Morgan fingerprint density at radius 2 is 1.72 bits per heavy atom. The van der Waals surface area contributed by atoms with Gasteiger partial charge in [-0.25, -0.2) is 0 Å². The van der Waals surface area contributed by atoms with E-state index < -0.39 is 0 Å². The number of nitrogens with one attached hydrogen (secondary N) is 1. The van der Waals surface area contributed by atoms with E-state index in [0.717, 1.165) is 24.3 Å². The Kier molecular flexibility index (Phi) is 4.67. The highest BCUT2D eigenvalue weighted by atomic mass is 15.1. The topological polar surface area (TPSA) is 41.3 Å². The molecule has 0 radical (unpaired) electrons. The first kappa shape index (κ1) is 16.5. The molecular weight excluding hydrogens is 306 g/mol. The summed E-state index contributed by atoms with van der Waals surface area (Å²) in [5.74, 6) is 0. The van der Waals surface area contributed by atoms with E-state index in [-0.39, 0.29) is 0 Å². The SMILES string of the molecule is Nc1ccccc1NCCCN1CCC2(CCc3ccccc32)CC1. The molecule has 1 aliphatic heterocycles. The minimum atomic E-state index is 0.476. The molecule has 4 rings (SSSR count). The van der Waals surface area contributed by atoms with Crippen LogP contribution < -0.4 is 11.1 Å². The van der Waals surface area contributed by atoms with Crippen LogP contribution in [0.5, 0.6) is 0 Å². The van der Waals surface area contributed by atoms with E-state index in [9.17, 15) is 0 Å². The highest BCUT2D eigenvalue weighted by Gasteiger charge is 2.40. The molecule has 132 valence electrons. The molecule has 0 aromatic heterocycles. The Morgan fingerprint density at radius 3 is 2.56 bits per heavy atom. The Bertz CT molecular complexity index is 717. The lowest BCUT2D eigenvalue weighted by atomic mass is 9.74. The molecule has 2 aliphatic rings. The van der Waals surface area contributed by atoms with Crippen LogP contribution >= 0.6 is 0 Å². The maximum absolute atomic E-state index is 5.98. The highest BCUT2D eigenvalue weighted by Crippen LogP contribution is 2.46. The molecule has 3 heteroatoms. The summed E-state index contributed by atoms with van der Waals surface area (Å²) in [5, 5.41) is 3.46. The second-order valence-electron chi connectivity index (χ2n) is 7.65. The molecule has 25 heavy (non-hydrogen) atoms. The summed E-state index contributed by atoms with van der Waals surface area (Å²) in [4.78, 5) is 2.64. The predicted octanol–water partition coefficient (Wildman–Crippen LogP) is 4.05. The first-order valence-corrected chi connectivity index (χ1v) is 9.66. The predicted molar refractivity (Wildman–Crippen MR) is 106 cm³/mol. The van der Waals surface area contributed by atoms with Crippen molar-refractivity contribution in [2.24, 2.45) is 0 Å². The number of likely N-dealkylation sites (tertiary alicyclic amines) is 1. The molecule has 2 aromatic carbocycles. The Balaban J connectivity index is 1.24. The smallest absolute Gasteiger partial charge is 0.0573 e. The summed E-state index contributed by atoms with van der Waals surface area (Å²) in [7, 11) is 0. The summed E-state index contributed by atoms with van der Waals surface area (Å²) in [6.07, 6.45) is 6.44. The van der Waals surface area contributed by atoms with Crippen molar-refractivity contribution in [3.63, 3.8) is 0 Å². The van der Waals surface area contributed by atoms with Gasteiger partial charge in [0, 0.05) is 6.54 Å². The molecule has 0 bridgehead atoms. The number of benzene rings is 2. The molecule has 0 unspecified atom stereocenters. The van der Waals surface area contributed by atoms with Crippen LogP contribution in [0.15, 0.2) is 48.5 Å². The van der Waals surface area contributed by atoms with Crippen molar-refractivity contribution >= 4 is 11.4 Å². The summed E-state index contributed by atoms with van der Waals surface area (Å²) >= 11 is 0. The van der Waals surface area contributed by atoms with Gasteiger partial charge in [0.25, 0.3) is 0 Å². The van der Waals surface area contributed by atoms with Gasteiger partial charge in [-0.05, 0) is 80.4 Å². The van der Waals surface area contributed by atoms with Crippen molar-refractivity contribution in [2.75, 3.05) is 37.2 Å². The van der Waals surface area contributed by atoms with Crippen molar-refractivity contribution in [1.82, 2.24) is 4.90 Å². The van der Waals surface area contributed by atoms with Crippen molar-refractivity contribution in [2.45, 2.75) is 37.5 Å². The van der Waals surface area contributed by atoms with Crippen LogP contribution in [0.2, 0.25) is 0 Å². The van der Waals surface area contributed by atoms with Crippen LogP contribution in [0, 0.1) is 0 Å². The van der Waals surface area contributed by atoms with Gasteiger partial charge in [-0.15, -0.1) is 0 Å². The number of nitrogens with two attached hydrogens (primary N) is 1. The lowest BCUT2D eigenvalue weighted by Gasteiger charge is -2.40. The molecule has 0 amide bonds. The fraction of sp³-hybridized carbons (Fsp3) is 0.455. The van der Waals surface area contributed by atoms with Crippen LogP contribution in [0.25, 0.3) is 0 Å². The second kappa shape index (κ2) is 7.09. The highest BCUT2D eigenvalue weighted by molar-refractivity contribution is 5.65. The number of anilines is 2. The van der Waals surface area contributed by atoms with E-state index >= 15 is 0 Å². The van der Waals surface area contributed by atoms with Crippen LogP contribution in [0.1, 0.15) is 36.8 Å². The second-order valence-corrected chi connectivity index (χ2v) is 7.65. The molecule has 1 spiro atoms. The lowest BCUT2D eigenvalue weighted by molar-refractivity contribution is 0.158. The van der Waals surface area contributed by atoms with Crippen LogP contribution in [0.3, 0.4) is 0 Å². The summed E-state index contributed by atoms with van der Waals surface area (Å²) in [6, 6.07) is 17.1. The average Bonchev–Trinajstić information content (AvgIpc) is 3.01.